The summed E-state index contributed by atoms with van der Waals surface area (Å²) >= 11 is 1.70. The van der Waals surface area contributed by atoms with Crippen LogP contribution >= 0.6 is 11.8 Å². The van der Waals surface area contributed by atoms with Gasteiger partial charge in [-0.05, 0) is 12.8 Å². The van der Waals surface area contributed by atoms with E-state index in [-0.39, 0.29) is 12.1 Å². The number of nitrogens with zero attached hydrogens (tertiary/aromatic N) is 1. The molecule has 0 aromatic heterocycles. The van der Waals surface area contributed by atoms with Crippen LogP contribution in [-0.4, -0.2) is 60.3 Å². The van der Waals surface area contributed by atoms with Crippen LogP contribution in [0.3, 0.4) is 0 Å². The van der Waals surface area contributed by atoms with Crippen molar-refractivity contribution in [3.8, 4) is 0 Å². The topological polar surface area (TPSA) is 57.6 Å². The van der Waals surface area contributed by atoms with Crippen molar-refractivity contribution in [1.82, 2.24) is 4.90 Å². The minimum absolute atomic E-state index is 0.0353. The van der Waals surface area contributed by atoms with Gasteiger partial charge in [-0.3, -0.25) is 4.90 Å². The summed E-state index contributed by atoms with van der Waals surface area (Å²) in [5.74, 6) is 1.61. The van der Waals surface area contributed by atoms with Crippen molar-refractivity contribution in [2.24, 2.45) is 0 Å². The van der Waals surface area contributed by atoms with Gasteiger partial charge in [-0.1, -0.05) is 19.3 Å². The fourth-order valence-electron chi connectivity index (χ4n) is 3.00. The average molecular weight is 293 g/mol. The molecular weight excluding hydrogens is 270 g/mol. The minimum Gasteiger partial charge on any atom is -0.391 e. The van der Waals surface area contributed by atoms with Gasteiger partial charge in [0.15, 0.2) is 9.84 Å². The number of aliphatic hydroxyl groups is 1. The van der Waals surface area contributed by atoms with Gasteiger partial charge in [-0.2, -0.15) is 11.8 Å². The van der Waals surface area contributed by atoms with Crippen LogP contribution in [-0.2, 0) is 9.84 Å². The molecule has 2 rings (SSSR count). The van der Waals surface area contributed by atoms with Crippen molar-refractivity contribution in [1.29, 1.82) is 0 Å². The van der Waals surface area contributed by atoms with E-state index in [0.717, 1.165) is 44.4 Å². The van der Waals surface area contributed by atoms with E-state index < -0.39 is 15.2 Å². The van der Waals surface area contributed by atoms with Crippen LogP contribution in [0, 0.1) is 0 Å². The third-order valence-corrected chi connectivity index (χ3v) is 6.65. The minimum atomic E-state index is -3.07. The van der Waals surface area contributed by atoms with Crippen molar-refractivity contribution in [3.63, 3.8) is 0 Å². The van der Waals surface area contributed by atoms with E-state index in [1.165, 1.54) is 6.26 Å². The Morgan fingerprint density at radius 1 is 1.22 bits per heavy atom. The van der Waals surface area contributed by atoms with Crippen LogP contribution in [0.2, 0.25) is 0 Å². The molecule has 0 aromatic carbocycles. The molecule has 0 bridgehead atoms. The molecule has 0 aromatic rings. The van der Waals surface area contributed by atoms with Gasteiger partial charge in [-0.25, -0.2) is 8.42 Å². The number of hydrogen-bond acceptors (Lipinski definition) is 5. The lowest BCUT2D eigenvalue weighted by molar-refractivity contribution is 0.0418. The summed E-state index contributed by atoms with van der Waals surface area (Å²) in [7, 11) is -3.07. The molecule has 2 fully saturated rings. The lowest BCUT2D eigenvalue weighted by Crippen LogP contribution is -2.55. The number of thioether (sulfide) groups is 1. The highest BCUT2D eigenvalue weighted by Gasteiger charge is 2.38. The molecule has 3 atom stereocenters. The first-order valence-corrected chi connectivity index (χ1v) is 9.81. The van der Waals surface area contributed by atoms with Crippen LogP contribution in [0.15, 0.2) is 0 Å². The summed E-state index contributed by atoms with van der Waals surface area (Å²) in [6.45, 7) is 0.782. The van der Waals surface area contributed by atoms with Crippen molar-refractivity contribution in [2.45, 2.75) is 49.6 Å². The molecule has 0 radical (unpaired) electrons. The number of sulfone groups is 1. The van der Waals surface area contributed by atoms with Crippen molar-refractivity contribution in [3.05, 3.63) is 0 Å². The maximum Gasteiger partial charge on any atom is 0.164 e. The number of rotatable bonds is 2. The second kappa shape index (κ2) is 6.11. The predicted octanol–water partition coefficient (Wildman–Crippen LogP) is 1.10. The van der Waals surface area contributed by atoms with Gasteiger partial charge in [0.05, 0.1) is 6.10 Å². The molecule has 0 spiro atoms. The maximum absolute atomic E-state index is 11.9. The first kappa shape index (κ1) is 14.6. The van der Waals surface area contributed by atoms with Gasteiger partial charge in [-0.15, -0.1) is 0 Å². The highest BCUT2D eigenvalue weighted by molar-refractivity contribution is 8.00. The Morgan fingerprint density at radius 3 is 2.67 bits per heavy atom. The third-order valence-electron chi connectivity index (χ3n) is 3.99. The average Bonchev–Trinajstić information content (AvgIpc) is 2.53. The second-order valence-electron chi connectivity index (χ2n) is 5.37. The molecule has 106 valence electrons. The normalized spacial score (nSPS) is 36.2. The Morgan fingerprint density at radius 2 is 1.94 bits per heavy atom. The lowest BCUT2D eigenvalue weighted by Gasteiger charge is -2.41. The Kier molecular flexibility index (Phi) is 4.97. The number of hydrogen-bond donors (Lipinski definition) is 1. The van der Waals surface area contributed by atoms with Gasteiger partial charge in [0, 0.05) is 30.3 Å². The van der Waals surface area contributed by atoms with Gasteiger partial charge in [0.25, 0.3) is 0 Å². The highest BCUT2D eigenvalue weighted by atomic mass is 32.2. The van der Waals surface area contributed by atoms with E-state index in [1.54, 1.807) is 11.8 Å². The Balaban J connectivity index is 2.16. The first-order valence-electron chi connectivity index (χ1n) is 6.70. The fraction of sp³-hybridized carbons (Fsp3) is 1.00. The van der Waals surface area contributed by atoms with E-state index in [0.29, 0.717) is 5.75 Å². The Hall–Kier alpha value is 0.220. The zero-order valence-corrected chi connectivity index (χ0v) is 12.5. The summed E-state index contributed by atoms with van der Waals surface area (Å²) in [5.41, 5.74) is 0. The van der Waals surface area contributed by atoms with Crippen molar-refractivity contribution >= 4 is 21.6 Å². The summed E-state index contributed by atoms with van der Waals surface area (Å²) in [6, 6.07) is 0.0353. The summed E-state index contributed by atoms with van der Waals surface area (Å²) in [5, 5.41) is 9.83. The molecule has 3 unspecified atom stereocenters. The van der Waals surface area contributed by atoms with Crippen LogP contribution in [0.1, 0.15) is 32.1 Å². The molecule has 18 heavy (non-hydrogen) atoms. The van der Waals surface area contributed by atoms with Crippen LogP contribution in [0.5, 0.6) is 0 Å². The highest BCUT2D eigenvalue weighted by Crippen LogP contribution is 2.29. The smallest absolute Gasteiger partial charge is 0.164 e. The molecule has 1 aliphatic heterocycles. The molecule has 1 N–H and O–H groups in total. The first-order chi connectivity index (χ1) is 8.50. The summed E-state index contributed by atoms with van der Waals surface area (Å²) in [4.78, 5) is 2.06. The largest absolute Gasteiger partial charge is 0.391 e. The quantitative estimate of drug-likeness (QED) is 0.773. The van der Waals surface area contributed by atoms with Gasteiger partial charge >= 0.3 is 0 Å². The van der Waals surface area contributed by atoms with E-state index in [4.69, 9.17) is 0 Å². The van der Waals surface area contributed by atoms with Crippen LogP contribution < -0.4 is 0 Å². The van der Waals surface area contributed by atoms with E-state index in [1.807, 2.05) is 0 Å². The summed E-state index contributed by atoms with van der Waals surface area (Å²) < 4.78 is 23.8. The molecule has 0 amide bonds. The zero-order chi connectivity index (χ0) is 13.2. The second-order valence-corrected chi connectivity index (χ2v) is 8.72. The molecular formula is C12H23NO3S2. The SMILES string of the molecule is CS(=O)(=O)C1CSCCN1C1CCCCCC1O. The van der Waals surface area contributed by atoms with Crippen LogP contribution in [0.25, 0.3) is 0 Å². The summed E-state index contributed by atoms with van der Waals surface area (Å²) in [6.07, 6.45) is 6.01. The lowest BCUT2D eigenvalue weighted by atomic mass is 10.0. The van der Waals surface area contributed by atoms with Crippen LogP contribution in [0.4, 0.5) is 0 Å². The van der Waals surface area contributed by atoms with E-state index >= 15 is 0 Å². The number of aliphatic hydroxyl groups excluding tert-OH is 1. The van der Waals surface area contributed by atoms with E-state index in [2.05, 4.69) is 4.90 Å². The predicted molar refractivity (Wildman–Crippen MR) is 75.5 cm³/mol. The fourth-order valence-corrected chi connectivity index (χ4v) is 5.93. The Bertz CT molecular complexity index is 372. The Labute approximate surface area is 114 Å². The van der Waals surface area contributed by atoms with Gasteiger partial charge < -0.3 is 5.11 Å². The maximum atomic E-state index is 11.9. The molecule has 1 aliphatic carbocycles. The molecule has 4 nitrogen and oxygen atoms in total. The van der Waals surface area contributed by atoms with Crippen molar-refractivity contribution in [2.75, 3.05) is 24.3 Å². The molecule has 2 aliphatic rings. The van der Waals surface area contributed by atoms with E-state index in [9.17, 15) is 13.5 Å². The molecule has 6 heteroatoms. The van der Waals surface area contributed by atoms with Gasteiger partial charge in [0.2, 0.25) is 0 Å². The van der Waals surface area contributed by atoms with Gasteiger partial charge in [0.1, 0.15) is 5.37 Å². The third kappa shape index (κ3) is 3.40. The molecule has 1 saturated heterocycles. The zero-order valence-electron chi connectivity index (χ0n) is 10.9. The molecule has 1 heterocycles. The standard InChI is InChI=1S/C12H23NO3S2/c1-18(15,16)12-9-17-8-7-13(12)10-5-3-2-4-6-11(10)14/h10-12,14H,2-9H2,1H3. The van der Waals surface area contributed by atoms with Crippen molar-refractivity contribution < 1.29 is 13.5 Å². The monoisotopic (exact) mass is 293 g/mol. The molecule has 1 saturated carbocycles.